The molecule has 0 aromatic heterocycles. The highest BCUT2D eigenvalue weighted by Crippen LogP contribution is 2.23. The summed E-state index contributed by atoms with van der Waals surface area (Å²) in [4.78, 5) is 17.2. The Morgan fingerprint density at radius 2 is 1.32 bits per heavy atom. The maximum atomic E-state index is 12.5. The van der Waals surface area contributed by atoms with E-state index in [4.69, 9.17) is 16.3 Å². The molecule has 1 heterocycles. The number of halogens is 1. The number of piperazine rings is 1. The largest absolute Gasteiger partial charge is 0.497 e. The van der Waals surface area contributed by atoms with E-state index in [9.17, 15) is 4.79 Å². The van der Waals surface area contributed by atoms with Gasteiger partial charge >= 0.3 is 0 Å². The molecule has 158 valence electrons. The average Bonchev–Trinajstić information content (AvgIpc) is 2.84. The third kappa shape index (κ3) is 5.28. The Bertz CT molecular complexity index is 1040. The van der Waals surface area contributed by atoms with Crippen LogP contribution in [0.2, 0.25) is 5.02 Å². The molecule has 0 N–H and O–H groups in total. The van der Waals surface area contributed by atoms with Crippen molar-refractivity contribution in [2.75, 3.05) is 43.1 Å². The van der Waals surface area contributed by atoms with E-state index < -0.39 is 0 Å². The molecule has 0 bridgehead atoms. The van der Waals surface area contributed by atoms with Crippen LogP contribution in [0.1, 0.15) is 15.9 Å². The number of hydrogen-bond acceptors (Lipinski definition) is 4. The predicted octanol–water partition coefficient (Wildman–Crippen LogP) is 5.57. The van der Waals surface area contributed by atoms with E-state index >= 15 is 0 Å². The van der Waals surface area contributed by atoms with Crippen molar-refractivity contribution in [3.8, 4) is 5.75 Å². The van der Waals surface area contributed by atoms with E-state index in [2.05, 4.69) is 21.9 Å². The maximum Gasteiger partial charge on any atom is 0.185 e. The number of hydrogen-bond donors (Lipinski definition) is 0. The number of methoxy groups -OCH3 is 1. The molecule has 4 rings (SSSR count). The van der Waals surface area contributed by atoms with Crippen LogP contribution in [0.3, 0.4) is 0 Å². The lowest BCUT2D eigenvalue weighted by atomic mass is 10.1. The molecule has 31 heavy (non-hydrogen) atoms. The Hall–Kier alpha value is -3.24. The number of carbonyl (C=O) groups excluding carboxylic acids is 1. The van der Waals surface area contributed by atoms with Crippen molar-refractivity contribution in [1.82, 2.24) is 0 Å². The summed E-state index contributed by atoms with van der Waals surface area (Å²) in [6.45, 7) is 3.79. The van der Waals surface area contributed by atoms with Gasteiger partial charge in [0.25, 0.3) is 0 Å². The first-order chi connectivity index (χ1) is 15.1. The van der Waals surface area contributed by atoms with Gasteiger partial charge in [0, 0.05) is 48.1 Å². The highest BCUT2D eigenvalue weighted by atomic mass is 35.5. The zero-order valence-electron chi connectivity index (χ0n) is 17.5. The van der Waals surface area contributed by atoms with Gasteiger partial charge in [-0.1, -0.05) is 29.8 Å². The predicted molar refractivity (Wildman–Crippen MR) is 129 cm³/mol. The van der Waals surface area contributed by atoms with E-state index in [0.717, 1.165) is 43.2 Å². The van der Waals surface area contributed by atoms with E-state index in [-0.39, 0.29) is 5.78 Å². The monoisotopic (exact) mass is 432 g/mol. The molecule has 3 aromatic rings. The van der Waals surface area contributed by atoms with Crippen molar-refractivity contribution in [3.63, 3.8) is 0 Å². The van der Waals surface area contributed by atoms with Gasteiger partial charge in [-0.3, -0.25) is 4.79 Å². The minimum atomic E-state index is -0.00850. The van der Waals surface area contributed by atoms with Gasteiger partial charge in [-0.25, -0.2) is 0 Å². The Morgan fingerprint density at radius 1 is 0.806 bits per heavy atom. The highest BCUT2D eigenvalue weighted by Gasteiger charge is 2.18. The molecular weight excluding hydrogens is 408 g/mol. The van der Waals surface area contributed by atoms with E-state index in [1.54, 1.807) is 13.2 Å². The van der Waals surface area contributed by atoms with Crippen LogP contribution < -0.4 is 14.5 Å². The fourth-order valence-corrected chi connectivity index (χ4v) is 3.82. The van der Waals surface area contributed by atoms with Crippen LogP contribution in [0.5, 0.6) is 5.75 Å². The lowest BCUT2D eigenvalue weighted by Crippen LogP contribution is -2.46. The second-order valence-corrected chi connectivity index (χ2v) is 7.90. The molecule has 0 spiro atoms. The summed E-state index contributed by atoms with van der Waals surface area (Å²) < 4.78 is 5.24. The topological polar surface area (TPSA) is 32.8 Å². The molecule has 0 aliphatic carbocycles. The molecule has 1 fully saturated rings. The molecule has 3 aromatic carbocycles. The average molecular weight is 433 g/mol. The minimum Gasteiger partial charge on any atom is -0.497 e. The van der Waals surface area contributed by atoms with Crippen molar-refractivity contribution in [1.29, 1.82) is 0 Å². The Labute approximate surface area is 188 Å². The molecular formula is C26H25ClN2O2. The molecule has 0 amide bonds. The summed E-state index contributed by atoms with van der Waals surface area (Å²) in [7, 11) is 1.68. The van der Waals surface area contributed by atoms with Crippen molar-refractivity contribution in [3.05, 3.63) is 95.0 Å². The maximum absolute atomic E-state index is 12.5. The van der Waals surface area contributed by atoms with Crippen molar-refractivity contribution >= 4 is 34.8 Å². The first-order valence-corrected chi connectivity index (χ1v) is 10.7. The number of benzene rings is 3. The van der Waals surface area contributed by atoms with Crippen LogP contribution in [0.4, 0.5) is 11.4 Å². The number of rotatable bonds is 6. The van der Waals surface area contributed by atoms with Gasteiger partial charge in [0.15, 0.2) is 5.78 Å². The lowest BCUT2D eigenvalue weighted by Gasteiger charge is -2.37. The standard InChI is InChI=1S/C26H25ClN2O2/c1-31-25-13-11-24(12-14-25)29-18-16-28(17-19-29)23-9-5-21(6-10-23)26(30)15-4-20-2-7-22(27)8-3-20/h2-15H,16-19H2,1H3/b15-4+. The van der Waals surface area contributed by atoms with Gasteiger partial charge in [0.2, 0.25) is 0 Å². The molecule has 0 atom stereocenters. The lowest BCUT2D eigenvalue weighted by molar-refractivity contribution is 0.104. The summed E-state index contributed by atoms with van der Waals surface area (Å²) in [6.07, 6.45) is 3.41. The van der Waals surface area contributed by atoms with Gasteiger partial charge in [-0.2, -0.15) is 0 Å². The number of ketones is 1. The molecule has 1 aliphatic heterocycles. The van der Waals surface area contributed by atoms with Crippen LogP contribution in [0, 0.1) is 0 Å². The third-order valence-electron chi connectivity index (χ3n) is 5.53. The normalized spacial score (nSPS) is 14.1. The zero-order chi connectivity index (χ0) is 21.6. The van der Waals surface area contributed by atoms with E-state index in [1.165, 1.54) is 5.69 Å². The molecule has 0 unspecified atom stereocenters. The van der Waals surface area contributed by atoms with Crippen LogP contribution in [0.25, 0.3) is 6.08 Å². The van der Waals surface area contributed by atoms with Crippen LogP contribution in [-0.4, -0.2) is 39.1 Å². The molecule has 1 saturated heterocycles. The summed E-state index contributed by atoms with van der Waals surface area (Å²) >= 11 is 5.90. The fourth-order valence-electron chi connectivity index (χ4n) is 3.69. The van der Waals surface area contributed by atoms with Crippen molar-refractivity contribution in [2.24, 2.45) is 0 Å². The van der Waals surface area contributed by atoms with Crippen LogP contribution in [0.15, 0.2) is 78.9 Å². The Balaban J connectivity index is 1.34. The highest BCUT2D eigenvalue weighted by molar-refractivity contribution is 6.30. The SMILES string of the molecule is COc1ccc(N2CCN(c3ccc(C(=O)/C=C/c4ccc(Cl)cc4)cc3)CC2)cc1. The Kier molecular flexibility index (Phi) is 6.58. The van der Waals surface area contributed by atoms with Gasteiger partial charge in [-0.15, -0.1) is 0 Å². The van der Waals surface area contributed by atoms with Crippen LogP contribution >= 0.6 is 11.6 Å². The van der Waals surface area contributed by atoms with Crippen LogP contribution in [-0.2, 0) is 0 Å². The zero-order valence-corrected chi connectivity index (χ0v) is 18.3. The van der Waals surface area contributed by atoms with Crippen molar-refractivity contribution in [2.45, 2.75) is 0 Å². The molecule has 0 saturated carbocycles. The van der Waals surface area contributed by atoms with Crippen molar-refractivity contribution < 1.29 is 9.53 Å². The first-order valence-electron chi connectivity index (χ1n) is 10.3. The van der Waals surface area contributed by atoms with Gasteiger partial charge < -0.3 is 14.5 Å². The quantitative estimate of drug-likeness (QED) is 0.376. The molecule has 0 radical (unpaired) electrons. The number of ether oxygens (including phenoxy) is 1. The van der Waals surface area contributed by atoms with E-state index in [0.29, 0.717) is 10.6 Å². The second kappa shape index (κ2) is 9.71. The number of nitrogens with zero attached hydrogens (tertiary/aromatic N) is 2. The summed E-state index contributed by atoms with van der Waals surface area (Å²) in [5.74, 6) is 0.867. The van der Waals surface area contributed by atoms with Gasteiger partial charge in [0.05, 0.1) is 7.11 Å². The third-order valence-corrected chi connectivity index (χ3v) is 5.78. The first kappa shape index (κ1) is 21.0. The fraction of sp³-hybridized carbons (Fsp3) is 0.192. The number of allylic oxidation sites excluding steroid dienone is 1. The summed E-state index contributed by atoms with van der Waals surface area (Å²) in [6, 6.07) is 23.5. The number of anilines is 2. The van der Waals surface area contributed by atoms with Gasteiger partial charge in [0.1, 0.15) is 5.75 Å². The Morgan fingerprint density at radius 3 is 1.84 bits per heavy atom. The minimum absolute atomic E-state index is 0.00850. The molecule has 4 nitrogen and oxygen atoms in total. The number of carbonyl (C=O) groups is 1. The summed E-state index contributed by atoms with van der Waals surface area (Å²) in [5, 5.41) is 0.684. The molecule has 1 aliphatic rings. The van der Waals surface area contributed by atoms with Gasteiger partial charge in [-0.05, 0) is 72.3 Å². The summed E-state index contributed by atoms with van der Waals surface area (Å²) in [5.41, 5.74) is 4.00. The second-order valence-electron chi connectivity index (χ2n) is 7.47. The van der Waals surface area contributed by atoms with E-state index in [1.807, 2.05) is 66.7 Å². The smallest absolute Gasteiger partial charge is 0.185 e. The molecule has 5 heteroatoms.